The van der Waals surface area contributed by atoms with Crippen molar-refractivity contribution in [1.82, 2.24) is 5.32 Å². The van der Waals surface area contributed by atoms with Gasteiger partial charge in [-0.3, -0.25) is 9.59 Å². The van der Waals surface area contributed by atoms with Gasteiger partial charge < -0.3 is 10.4 Å². The first-order valence-electron chi connectivity index (χ1n) is 5.31. The van der Waals surface area contributed by atoms with Gasteiger partial charge in [0, 0.05) is 14.1 Å². The molecule has 0 saturated heterocycles. The Balaban J connectivity index is 2.82. The van der Waals surface area contributed by atoms with Gasteiger partial charge >= 0.3 is 5.97 Å². The molecule has 2 atom stereocenters. The SMILES string of the molecule is CC(NC(=O)c1cc(Br)ccc1I)C(C)C(=O)O. The molecule has 1 amide bonds. The van der Waals surface area contributed by atoms with Crippen molar-refractivity contribution in [2.75, 3.05) is 0 Å². The zero-order valence-corrected chi connectivity index (χ0v) is 13.6. The van der Waals surface area contributed by atoms with Crippen LogP contribution in [0.5, 0.6) is 0 Å². The number of carbonyl (C=O) groups is 2. The van der Waals surface area contributed by atoms with Crippen LogP contribution in [0.25, 0.3) is 0 Å². The first-order valence-corrected chi connectivity index (χ1v) is 7.18. The van der Waals surface area contributed by atoms with Gasteiger partial charge in [0.1, 0.15) is 0 Å². The van der Waals surface area contributed by atoms with Crippen LogP contribution in [-0.2, 0) is 4.79 Å². The lowest BCUT2D eigenvalue weighted by Gasteiger charge is -2.18. The van der Waals surface area contributed by atoms with Gasteiger partial charge in [-0.15, -0.1) is 0 Å². The van der Waals surface area contributed by atoms with Crippen molar-refractivity contribution in [3.63, 3.8) is 0 Å². The van der Waals surface area contributed by atoms with Gasteiger partial charge in [0.25, 0.3) is 5.91 Å². The quantitative estimate of drug-likeness (QED) is 0.729. The van der Waals surface area contributed by atoms with Crippen LogP contribution in [-0.4, -0.2) is 23.0 Å². The molecular formula is C12H13BrINO3. The Kier molecular flexibility index (Phi) is 5.58. The maximum Gasteiger partial charge on any atom is 0.308 e. The molecule has 2 unspecified atom stereocenters. The second-order valence-electron chi connectivity index (χ2n) is 4.01. The minimum atomic E-state index is -0.924. The number of nitrogens with one attached hydrogen (secondary N) is 1. The first kappa shape index (κ1) is 15.4. The average Bonchev–Trinajstić information content (AvgIpc) is 2.30. The van der Waals surface area contributed by atoms with Crippen molar-refractivity contribution >= 4 is 50.4 Å². The molecule has 0 bridgehead atoms. The lowest BCUT2D eigenvalue weighted by molar-refractivity contribution is -0.141. The topological polar surface area (TPSA) is 66.4 Å². The van der Waals surface area contributed by atoms with E-state index in [1.54, 1.807) is 19.9 Å². The Morgan fingerprint density at radius 3 is 2.56 bits per heavy atom. The normalized spacial score (nSPS) is 13.8. The number of amides is 1. The van der Waals surface area contributed by atoms with Crippen LogP contribution >= 0.6 is 38.5 Å². The fourth-order valence-electron chi connectivity index (χ4n) is 1.29. The molecule has 0 aromatic heterocycles. The van der Waals surface area contributed by atoms with Crippen LogP contribution in [0, 0.1) is 9.49 Å². The van der Waals surface area contributed by atoms with Crippen LogP contribution in [0.4, 0.5) is 0 Å². The van der Waals surface area contributed by atoms with Gasteiger partial charge in [-0.05, 0) is 54.6 Å². The summed E-state index contributed by atoms with van der Waals surface area (Å²) in [7, 11) is 0. The minimum absolute atomic E-state index is 0.263. The van der Waals surface area contributed by atoms with E-state index in [0.717, 1.165) is 8.04 Å². The Bertz CT molecular complexity index is 478. The summed E-state index contributed by atoms with van der Waals surface area (Å²) in [4.78, 5) is 22.8. The highest BCUT2D eigenvalue weighted by Gasteiger charge is 2.22. The number of carbonyl (C=O) groups excluding carboxylic acids is 1. The second kappa shape index (κ2) is 6.51. The number of aliphatic carboxylic acids is 1. The highest BCUT2D eigenvalue weighted by molar-refractivity contribution is 14.1. The molecule has 6 heteroatoms. The molecule has 1 aromatic carbocycles. The third-order valence-corrected chi connectivity index (χ3v) is 4.11. The number of carboxylic acid groups (broad SMARTS) is 1. The number of benzene rings is 1. The van der Waals surface area contributed by atoms with Crippen molar-refractivity contribution in [2.45, 2.75) is 19.9 Å². The summed E-state index contributed by atoms with van der Waals surface area (Å²) in [5.74, 6) is -1.81. The molecule has 1 rings (SSSR count). The largest absolute Gasteiger partial charge is 0.481 e. The molecule has 0 radical (unpaired) electrons. The molecule has 0 aliphatic carbocycles. The third-order valence-electron chi connectivity index (χ3n) is 2.67. The molecule has 18 heavy (non-hydrogen) atoms. The van der Waals surface area contributed by atoms with Gasteiger partial charge in [0.2, 0.25) is 0 Å². The highest BCUT2D eigenvalue weighted by Crippen LogP contribution is 2.18. The Labute approximate surface area is 127 Å². The predicted molar refractivity (Wildman–Crippen MR) is 80.6 cm³/mol. The van der Waals surface area contributed by atoms with E-state index in [1.807, 2.05) is 12.1 Å². The molecule has 0 spiro atoms. The van der Waals surface area contributed by atoms with Gasteiger partial charge in [0.15, 0.2) is 0 Å². The molecule has 1 aromatic rings. The van der Waals surface area contributed by atoms with Crippen molar-refractivity contribution in [3.05, 3.63) is 31.8 Å². The summed E-state index contributed by atoms with van der Waals surface area (Å²) < 4.78 is 1.63. The summed E-state index contributed by atoms with van der Waals surface area (Å²) in [5, 5.41) is 11.6. The Hall–Kier alpha value is -0.630. The van der Waals surface area contributed by atoms with Crippen LogP contribution in [0.2, 0.25) is 0 Å². The summed E-state index contributed by atoms with van der Waals surface area (Å²) >= 11 is 5.38. The van der Waals surface area contributed by atoms with Crippen molar-refractivity contribution < 1.29 is 14.7 Å². The molecule has 2 N–H and O–H groups in total. The monoisotopic (exact) mass is 425 g/mol. The lowest BCUT2D eigenvalue weighted by atomic mass is 10.0. The van der Waals surface area contributed by atoms with Crippen LogP contribution < -0.4 is 5.32 Å². The lowest BCUT2D eigenvalue weighted by Crippen LogP contribution is -2.40. The minimum Gasteiger partial charge on any atom is -0.481 e. The fraction of sp³-hybridized carbons (Fsp3) is 0.333. The van der Waals surface area contributed by atoms with E-state index in [0.29, 0.717) is 5.56 Å². The van der Waals surface area contributed by atoms with Crippen LogP contribution in [0.3, 0.4) is 0 Å². The van der Waals surface area contributed by atoms with Crippen molar-refractivity contribution in [3.8, 4) is 0 Å². The number of halogens is 2. The van der Waals surface area contributed by atoms with Gasteiger partial charge in [-0.1, -0.05) is 15.9 Å². The van der Waals surface area contributed by atoms with Gasteiger partial charge in [-0.2, -0.15) is 0 Å². The summed E-state index contributed by atoms with van der Waals surface area (Å²) in [6.07, 6.45) is 0. The molecular weight excluding hydrogens is 413 g/mol. The second-order valence-corrected chi connectivity index (χ2v) is 6.09. The first-order chi connectivity index (χ1) is 8.32. The molecule has 0 fully saturated rings. The smallest absolute Gasteiger partial charge is 0.308 e. The average molecular weight is 426 g/mol. The highest BCUT2D eigenvalue weighted by atomic mass is 127. The number of hydrogen-bond donors (Lipinski definition) is 2. The summed E-state index contributed by atoms with van der Waals surface area (Å²) in [5.41, 5.74) is 0.536. The van der Waals surface area contributed by atoms with Crippen LogP contribution in [0.1, 0.15) is 24.2 Å². The number of hydrogen-bond acceptors (Lipinski definition) is 2. The van der Waals surface area contributed by atoms with E-state index in [4.69, 9.17) is 5.11 Å². The molecule has 0 saturated carbocycles. The van der Waals surface area contributed by atoms with E-state index in [2.05, 4.69) is 43.8 Å². The molecule has 0 aliphatic heterocycles. The maximum absolute atomic E-state index is 12.0. The molecule has 98 valence electrons. The van der Waals surface area contributed by atoms with E-state index in [-0.39, 0.29) is 5.91 Å². The van der Waals surface area contributed by atoms with Crippen molar-refractivity contribution in [2.24, 2.45) is 5.92 Å². The van der Waals surface area contributed by atoms with Crippen molar-refractivity contribution in [1.29, 1.82) is 0 Å². The van der Waals surface area contributed by atoms with E-state index < -0.39 is 17.9 Å². The molecule has 4 nitrogen and oxygen atoms in total. The molecule has 0 aliphatic rings. The Morgan fingerprint density at radius 1 is 1.39 bits per heavy atom. The van der Waals surface area contributed by atoms with E-state index in [9.17, 15) is 9.59 Å². The van der Waals surface area contributed by atoms with Gasteiger partial charge in [0.05, 0.1) is 11.5 Å². The standard InChI is InChI=1S/C12H13BrINO3/c1-6(12(17)18)7(2)15-11(16)9-5-8(13)3-4-10(9)14/h3-7H,1-2H3,(H,15,16)(H,17,18). The summed E-state index contributed by atoms with van der Waals surface area (Å²) in [6.45, 7) is 3.25. The number of rotatable bonds is 4. The van der Waals surface area contributed by atoms with E-state index in [1.165, 1.54) is 0 Å². The fourth-order valence-corrected chi connectivity index (χ4v) is 2.24. The zero-order chi connectivity index (χ0) is 13.9. The zero-order valence-electron chi connectivity index (χ0n) is 9.91. The number of carboxylic acids is 1. The van der Waals surface area contributed by atoms with E-state index >= 15 is 0 Å². The summed E-state index contributed by atoms with van der Waals surface area (Å²) in [6, 6.07) is 4.96. The molecule has 0 heterocycles. The van der Waals surface area contributed by atoms with Gasteiger partial charge in [-0.25, -0.2) is 0 Å². The third kappa shape index (κ3) is 3.94. The van der Waals surface area contributed by atoms with Crippen LogP contribution in [0.15, 0.2) is 22.7 Å². The predicted octanol–water partition coefficient (Wildman–Crippen LogP) is 2.89. The maximum atomic E-state index is 12.0. The Morgan fingerprint density at radius 2 is 2.00 bits per heavy atom.